The molecule has 78 valence electrons. The van der Waals surface area contributed by atoms with Gasteiger partial charge in [-0.25, -0.2) is 0 Å². The Morgan fingerprint density at radius 1 is 1.47 bits per heavy atom. The first-order valence-corrected chi connectivity index (χ1v) is 4.67. The molecule has 2 rings (SSSR count). The van der Waals surface area contributed by atoms with Crippen molar-refractivity contribution in [3.63, 3.8) is 0 Å². The maximum Gasteiger partial charge on any atom is 0.120 e. The van der Waals surface area contributed by atoms with Crippen molar-refractivity contribution >= 4 is 16.9 Å². The van der Waals surface area contributed by atoms with Crippen LogP contribution in [-0.2, 0) is 0 Å². The lowest BCUT2D eigenvalue weighted by atomic mass is 10.2. The summed E-state index contributed by atoms with van der Waals surface area (Å²) >= 11 is 0. The Hall–Kier alpha value is -1.97. The summed E-state index contributed by atoms with van der Waals surface area (Å²) in [6, 6.07) is 6.91. The number of rotatable bonds is 3. The van der Waals surface area contributed by atoms with E-state index in [1.54, 1.807) is 18.2 Å². The Balaban J connectivity index is 2.47. The van der Waals surface area contributed by atoms with Crippen molar-refractivity contribution in [2.45, 2.75) is 6.92 Å². The summed E-state index contributed by atoms with van der Waals surface area (Å²) in [4.78, 5) is 13.4. The molecule has 0 unspecified atom stereocenters. The molecule has 0 aliphatic carbocycles. The lowest BCUT2D eigenvalue weighted by Crippen LogP contribution is -2.22. The van der Waals surface area contributed by atoms with E-state index in [0.717, 1.165) is 16.7 Å². The van der Waals surface area contributed by atoms with Crippen molar-refractivity contribution in [2.75, 3.05) is 6.61 Å². The molecule has 0 atom stereocenters. The Bertz CT molecular complexity index is 502. The SMILES string of the molecule is CCOc1ccc2[nH]c(C(=O)[O-])cc2c1. The van der Waals surface area contributed by atoms with Crippen LogP contribution in [0.1, 0.15) is 17.4 Å². The fraction of sp³-hybridized carbons (Fsp3) is 0.182. The van der Waals surface area contributed by atoms with E-state index in [9.17, 15) is 9.90 Å². The van der Waals surface area contributed by atoms with Gasteiger partial charge in [0.2, 0.25) is 0 Å². The van der Waals surface area contributed by atoms with Crippen molar-refractivity contribution in [2.24, 2.45) is 0 Å². The Morgan fingerprint density at radius 3 is 2.93 bits per heavy atom. The molecule has 15 heavy (non-hydrogen) atoms. The van der Waals surface area contributed by atoms with E-state index in [1.165, 1.54) is 6.07 Å². The number of hydrogen-bond acceptors (Lipinski definition) is 3. The minimum Gasteiger partial charge on any atom is -0.543 e. The molecule has 0 fully saturated rings. The molecule has 2 aromatic rings. The van der Waals surface area contributed by atoms with E-state index in [0.29, 0.717) is 6.61 Å². The van der Waals surface area contributed by atoms with E-state index < -0.39 is 5.97 Å². The number of aromatic carboxylic acids is 1. The van der Waals surface area contributed by atoms with E-state index in [2.05, 4.69) is 4.98 Å². The van der Waals surface area contributed by atoms with Crippen LogP contribution in [0.25, 0.3) is 10.9 Å². The van der Waals surface area contributed by atoms with E-state index >= 15 is 0 Å². The summed E-state index contributed by atoms with van der Waals surface area (Å²) < 4.78 is 5.31. The van der Waals surface area contributed by atoms with Gasteiger partial charge in [-0.15, -0.1) is 0 Å². The topological polar surface area (TPSA) is 65.2 Å². The van der Waals surface area contributed by atoms with Gasteiger partial charge in [-0.1, -0.05) is 0 Å². The number of benzene rings is 1. The molecule has 0 aliphatic rings. The van der Waals surface area contributed by atoms with E-state index in [-0.39, 0.29) is 5.69 Å². The van der Waals surface area contributed by atoms with Crippen LogP contribution < -0.4 is 9.84 Å². The molecule has 0 aliphatic heterocycles. The van der Waals surface area contributed by atoms with Gasteiger partial charge in [0.15, 0.2) is 0 Å². The maximum absolute atomic E-state index is 10.6. The molecule has 4 nitrogen and oxygen atoms in total. The second-order valence-electron chi connectivity index (χ2n) is 3.15. The zero-order valence-corrected chi connectivity index (χ0v) is 8.24. The monoisotopic (exact) mass is 204 g/mol. The van der Waals surface area contributed by atoms with Crippen molar-refractivity contribution in [3.8, 4) is 5.75 Å². The minimum atomic E-state index is -1.20. The molecule has 1 aromatic heterocycles. The third-order valence-corrected chi connectivity index (χ3v) is 2.12. The highest BCUT2D eigenvalue weighted by atomic mass is 16.5. The van der Waals surface area contributed by atoms with Gasteiger partial charge in [0.25, 0.3) is 0 Å². The van der Waals surface area contributed by atoms with Crippen LogP contribution in [-0.4, -0.2) is 17.6 Å². The molecule has 1 N–H and O–H groups in total. The fourth-order valence-electron chi connectivity index (χ4n) is 1.48. The molecule has 0 radical (unpaired) electrons. The normalized spacial score (nSPS) is 10.5. The van der Waals surface area contributed by atoms with Gasteiger partial charge in [0, 0.05) is 10.9 Å². The van der Waals surface area contributed by atoms with Crippen LogP contribution in [0.5, 0.6) is 5.75 Å². The lowest BCUT2D eigenvalue weighted by molar-refractivity contribution is -0.255. The number of H-pyrrole nitrogens is 1. The Morgan fingerprint density at radius 2 is 2.27 bits per heavy atom. The molecule has 0 saturated carbocycles. The van der Waals surface area contributed by atoms with Crippen molar-refractivity contribution in [1.82, 2.24) is 4.98 Å². The van der Waals surface area contributed by atoms with E-state index in [1.807, 2.05) is 6.92 Å². The maximum atomic E-state index is 10.6. The van der Waals surface area contributed by atoms with Crippen LogP contribution in [0.2, 0.25) is 0 Å². The van der Waals surface area contributed by atoms with Crippen LogP contribution in [0.15, 0.2) is 24.3 Å². The van der Waals surface area contributed by atoms with Crippen LogP contribution in [0.4, 0.5) is 0 Å². The van der Waals surface area contributed by atoms with Crippen molar-refractivity contribution in [1.29, 1.82) is 0 Å². The summed E-state index contributed by atoms with van der Waals surface area (Å²) in [6.07, 6.45) is 0. The van der Waals surface area contributed by atoms with Gasteiger partial charge >= 0.3 is 0 Å². The quantitative estimate of drug-likeness (QED) is 0.808. The first-order chi connectivity index (χ1) is 7.20. The number of fused-ring (bicyclic) bond motifs is 1. The fourth-order valence-corrected chi connectivity index (χ4v) is 1.48. The molecule has 0 bridgehead atoms. The summed E-state index contributed by atoms with van der Waals surface area (Å²) in [6.45, 7) is 2.48. The highest BCUT2D eigenvalue weighted by molar-refractivity contribution is 5.93. The molecule has 0 saturated heterocycles. The van der Waals surface area contributed by atoms with Crippen LogP contribution >= 0.6 is 0 Å². The van der Waals surface area contributed by atoms with Gasteiger partial charge in [-0.05, 0) is 31.2 Å². The number of aromatic nitrogens is 1. The zero-order valence-electron chi connectivity index (χ0n) is 8.24. The third-order valence-electron chi connectivity index (χ3n) is 2.12. The first-order valence-electron chi connectivity index (χ1n) is 4.67. The third kappa shape index (κ3) is 1.79. The van der Waals surface area contributed by atoms with Gasteiger partial charge < -0.3 is 19.6 Å². The highest BCUT2D eigenvalue weighted by Gasteiger charge is 2.02. The van der Waals surface area contributed by atoms with Crippen LogP contribution in [0.3, 0.4) is 0 Å². The smallest absolute Gasteiger partial charge is 0.120 e. The number of carbonyl (C=O) groups is 1. The van der Waals surface area contributed by atoms with Crippen molar-refractivity contribution < 1.29 is 14.6 Å². The summed E-state index contributed by atoms with van der Waals surface area (Å²) in [5, 5.41) is 11.4. The predicted molar refractivity (Wildman–Crippen MR) is 53.8 cm³/mol. The predicted octanol–water partition coefficient (Wildman–Crippen LogP) is 0.930. The molecular formula is C11H10NO3-. The zero-order chi connectivity index (χ0) is 10.8. The molecule has 1 aromatic carbocycles. The summed E-state index contributed by atoms with van der Waals surface area (Å²) in [7, 11) is 0. The first kappa shape index (κ1) is 9.58. The molecular weight excluding hydrogens is 194 g/mol. The number of carboxylic acid groups (broad SMARTS) is 1. The number of aromatic amines is 1. The van der Waals surface area contributed by atoms with Crippen LogP contribution in [0, 0.1) is 0 Å². The summed E-state index contributed by atoms with van der Waals surface area (Å²) in [5.74, 6) is -0.474. The van der Waals surface area contributed by atoms with Gasteiger partial charge in [0.1, 0.15) is 5.75 Å². The van der Waals surface area contributed by atoms with E-state index in [4.69, 9.17) is 4.74 Å². The Labute approximate surface area is 86.5 Å². The average Bonchev–Trinajstić information content (AvgIpc) is 2.61. The standard InChI is InChI=1S/C11H11NO3/c1-2-15-8-3-4-9-7(5-8)6-10(12-9)11(13)14/h3-6,12H,2H2,1H3,(H,13,14)/p-1. The van der Waals surface area contributed by atoms with Gasteiger partial charge in [0.05, 0.1) is 18.3 Å². The molecule has 0 spiro atoms. The number of carboxylic acids is 1. The molecule has 0 amide bonds. The number of nitrogens with one attached hydrogen (secondary N) is 1. The van der Waals surface area contributed by atoms with Gasteiger partial charge in [-0.3, -0.25) is 0 Å². The number of ether oxygens (including phenoxy) is 1. The average molecular weight is 204 g/mol. The highest BCUT2D eigenvalue weighted by Crippen LogP contribution is 2.21. The summed E-state index contributed by atoms with van der Waals surface area (Å²) in [5.41, 5.74) is 0.844. The largest absolute Gasteiger partial charge is 0.543 e. The second kappa shape index (κ2) is 3.65. The second-order valence-corrected chi connectivity index (χ2v) is 3.15. The minimum absolute atomic E-state index is 0.0821. The molecule has 4 heteroatoms. The molecule has 1 heterocycles. The number of hydrogen-bond donors (Lipinski definition) is 1. The van der Waals surface area contributed by atoms with Crippen molar-refractivity contribution in [3.05, 3.63) is 30.0 Å². The lowest BCUT2D eigenvalue weighted by Gasteiger charge is -2.01. The Kier molecular flexibility index (Phi) is 2.33. The number of carbonyl (C=O) groups excluding carboxylic acids is 1. The van der Waals surface area contributed by atoms with Gasteiger partial charge in [-0.2, -0.15) is 0 Å².